The van der Waals surface area contributed by atoms with Crippen LogP contribution in [-0.2, 0) is 30.5 Å². The van der Waals surface area contributed by atoms with Crippen molar-refractivity contribution in [1.82, 2.24) is 24.7 Å². The molecule has 2 aliphatic rings. The standard InChI is InChI=1S/C30H34F4N6O2/c1-3-38-6-8-39(9-7-38)17-21-5-4-20(10-24(21)30(32,33)34)11-28(41)40-16-19(2)29-22(18-40)12-23(14-37-29)42-26-13-27(35)36-15-25(26)31/h4-5,10,12-15,19H,3,6-9,11,16-18H2,1-2H3,(H2,35,36). The Morgan fingerprint density at radius 3 is 2.52 bits per heavy atom. The van der Waals surface area contributed by atoms with Crippen molar-refractivity contribution in [2.75, 3.05) is 45.0 Å². The van der Waals surface area contributed by atoms with Gasteiger partial charge in [-0.2, -0.15) is 13.2 Å². The first-order chi connectivity index (χ1) is 20.0. The fourth-order valence-electron chi connectivity index (χ4n) is 5.57. The Labute approximate surface area is 242 Å². The van der Waals surface area contributed by atoms with E-state index in [-0.39, 0.29) is 54.2 Å². The maximum atomic E-state index is 14.1. The smallest absolute Gasteiger partial charge is 0.416 e. The number of nitrogens with two attached hydrogens (primary N) is 1. The summed E-state index contributed by atoms with van der Waals surface area (Å²) in [7, 11) is 0. The molecule has 3 aromatic rings. The van der Waals surface area contributed by atoms with E-state index in [1.807, 2.05) is 11.8 Å². The lowest BCUT2D eigenvalue weighted by Crippen LogP contribution is -2.45. The lowest BCUT2D eigenvalue weighted by molar-refractivity contribution is -0.138. The van der Waals surface area contributed by atoms with E-state index in [1.54, 1.807) is 17.0 Å². The number of ether oxygens (including phenoxy) is 1. The second-order valence-corrected chi connectivity index (χ2v) is 10.9. The Hall–Kier alpha value is -3.77. The van der Waals surface area contributed by atoms with Gasteiger partial charge in [-0.3, -0.25) is 14.7 Å². The fraction of sp³-hybridized carbons (Fsp3) is 0.433. The van der Waals surface area contributed by atoms with Gasteiger partial charge in [-0.25, -0.2) is 9.37 Å². The van der Waals surface area contributed by atoms with Gasteiger partial charge in [0.2, 0.25) is 5.91 Å². The minimum absolute atomic E-state index is 0.0965. The molecule has 5 rings (SSSR count). The van der Waals surface area contributed by atoms with E-state index in [4.69, 9.17) is 10.5 Å². The monoisotopic (exact) mass is 586 g/mol. The summed E-state index contributed by atoms with van der Waals surface area (Å²) < 4.78 is 62.0. The number of rotatable bonds is 7. The van der Waals surface area contributed by atoms with Crippen molar-refractivity contribution in [2.45, 2.75) is 45.5 Å². The molecule has 1 fully saturated rings. The van der Waals surface area contributed by atoms with Crippen LogP contribution in [0.1, 0.15) is 47.7 Å². The molecule has 8 nitrogen and oxygen atoms in total. The number of alkyl halides is 3. The van der Waals surface area contributed by atoms with E-state index in [0.29, 0.717) is 25.2 Å². The third kappa shape index (κ3) is 6.81. The second-order valence-electron chi connectivity index (χ2n) is 10.9. The molecule has 1 saturated heterocycles. The van der Waals surface area contributed by atoms with Gasteiger partial charge in [-0.1, -0.05) is 26.0 Å². The predicted octanol–water partition coefficient (Wildman–Crippen LogP) is 4.83. The fourth-order valence-corrected chi connectivity index (χ4v) is 5.57. The summed E-state index contributed by atoms with van der Waals surface area (Å²) >= 11 is 0. The summed E-state index contributed by atoms with van der Waals surface area (Å²) in [6.07, 6.45) is -2.25. The van der Waals surface area contributed by atoms with E-state index >= 15 is 0 Å². The third-order valence-electron chi connectivity index (χ3n) is 7.86. The maximum absolute atomic E-state index is 14.1. The Bertz CT molecular complexity index is 1440. The molecule has 0 spiro atoms. The maximum Gasteiger partial charge on any atom is 0.416 e. The molecule has 0 saturated carbocycles. The van der Waals surface area contributed by atoms with Gasteiger partial charge in [0, 0.05) is 57.8 Å². The zero-order valence-corrected chi connectivity index (χ0v) is 23.6. The minimum Gasteiger partial charge on any atom is -0.452 e. The molecular weight excluding hydrogens is 552 g/mol. The van der Waals surface area contributed by atoms with Crippen LogP contribution in [-0.4, -0.2) is 69.8 Å². The van der Waals surface area contributed by atoms with Crippen molar-refractivity contribution < 1.29 is 27.1 Å². The predicted molar refractivity (Wildman–Crippen MR) is 149 cm³/mol. The van der Waals surface area contributed by atoms with Gasteiger partial charge >= 0.3 is 6.18 Å². The average Bonchev–Trinajstić information content (AvgIpc) is 2.95. The number of aromatic nitrogens is 2. The number of halogens is 4. The number of piperazine rings is 1. The van der Waals surface area contributed by atoms with Crippen molar-refractivity contribution in [2.24, 2.45) is 0 Å². The molecule has 1 aromatic carbocycles. The Balaban J connectivity index is 1.29. The van der Waals surface area contributed by atoms with Gasteiger partial charge < -0.3 is 20.3 Å². The quantitative estimate of drug-likeness (QED) is 0.397. The van der Waals surface area contributed by atoms with Gasteiger partial charge in [0.25, 0.3) is 0 Å². The molecular formula is C30H34F4N6O2. The van der Waals surface area contributed by atoms with Crippen molar-refractivity contribution in [3.05, 3.63) is 76.5 Å². The first-order valence-electron chi connectivity index (χ1n) is 14.0. The SMILES string of the molecule is CCN1CCN(Cc2ccc(CC(=O)N3Cc4cc(Oc5cc(N)ncc5F)cnc4C(C)C3)cc2C(F)(F)F)CC1. The van der Waals surface area contributed by atoms with Crippen LogP contribution in [0, 0.1) is 5.82 Å². The summed E-state index contributed by atoms with van der Waals surface area (Å²) in [6.45, 7) is 8.83. The molecule has 224 valence electrons. The number of pyridine rings is 2. The zero-order chi connectivity index (χ0) is 30.0. The number of carbonyl (C=O) groups is 1. The number of fused-ring (bicyclic) bond motifs is 1. The summed E-state index contributed by atoms with van der Waals surface area (Å²) in [6, 6.07) is 7.18. The van der Waals surface area contributed by atoms with Crippen LogP contribution in [0.4, 0.5) is 23.4 Å². The van der Waals surface area contributed by atoms with Crippen LogP contribution in [0.3, 0.4) is 0 Å². The second kappa shape index (κ2) is 12.2. The first-order valence-corrected chi connectivity index (χ1v) is 14.0. The first kappa shape index (κ1) is 29.7. The van der Waals surface area contributed by atoms with Gasteiger partial charge in [0.15, 0.2) is 11.6 Å². The Morgan fingerprint density at radius 1 is 1.07 bits per heavy atom. The number of nitrogen functional groups attached to an aromatic ring is 1. The largest absolute Gasteiger partial charge is 0.452 e. The van der Waals surface area contributed by atoms with E-state index in [1.165, 1.54) is 18.3 Å². The number of likely N-dealkylation sites (N-methyl/N-ethyl adjacent to an activating group) is 1. The highest BCUT2D eigenvalue weighted by Gasteiger charge is 2.35. The van der Waals surface area contributed by atoms with Gasteiger partial charge in [0.1, 0.15) is 11.6 Å². The highest BCUT2D eigenvalue weighted by atomic mass is 19.4. The number of anilines is 1. The van der Waals surface area contributed by atoms with E-state index in [9.17, 15) is 22.4 Å². The summed E-state index contributed by atoms with van der Waals surface area (Å²) in [5.41, 5.74) is 6.97. The lowest BCUT2D eigenvalue weighted by atomic mass is 9.95. The van der Waals surface area contributed by atoms with Crippen LogP contribution < -0.4 is 10.5 Å². The topological polar surface area (TPSA) is 87.8 Å². The minimum atomic E-state index is -4.53. The zero-order valence-electron chi connectivity index (χ0n) is 23.6. The Morgan fingerprint density at radius 2 is 1.81 bits per heavy atom. The van der Waals surface area contributed by atoms with Crippen LogP contribution in [0.25, 0.3) is 0 Å². The summed E-state index contributed by atoms with van der Waals surface area (Å²) in [4.78, 5) is 27.4. The molecule has 4 heterocycles. The van der Waals surface area contributed by atoms with Crippen LogP contribution in [0.5, 0.6) is 11.5 Å². The van der Waals surface area contributed by atoms with Gasteiger partial charge in [-0.15, -0.1) is 0 Å². The van der Waals surface area contributed by atoms with Crippen LogP contribution in [0.15, 0.2) is 42.7 Å². The summed E-state index contributed by atoms with van der Waals surface area (Å²) in [5, 5.41) is 0. The molecule has 1 amide bonds. The highest BCUT2D eigenvalue weighted by Crippen LogP contribution is 2.35. The molecule has 2 N–H and O–H groups in total. The van der Waals surface area contributed by atoms with E-state index in [2.05, 4.69) is 21.8 Å². The average molecular weight is 587 g/mol. The van der Waals surface area contributed by atoms with Crippen LogP contribution >= 0.6 is 0 Å². The third-order valence-corrected chi connectivity index (χ3v) is 7.86. The van der Waals surface area contributed by atoms with Crippen molar-refractivity contribution in [3.8, 4) is 11.5 Å². The number of benzene rings is 1. The molecule has 1 atom stereocenters. The molecule has 42 heavy (non-hydrogen) atoms. The molecule has 12 heteroatoms. The van der Waals surface area contributed by atoms with Gasteiger partial charge in [-0.05, 0) is 35.4 Å². The van der Waals surface area contributed by atoms with Crippen LogP contribution in [0.2, 0.25) is 0 Å². The van der Waals surface area contributed by atoms with Crippen molar-refractivity contribution in [1.29, 1.82) is 0 Å². The molecule has 2 aliphatic heterocycles. The Kier molecular flexibility index (Phi) is 8.65. The molecule has 0 bridgehead atoms. The normalized spacial score (nSPS) is 18.1. The van der Waals surface area contributed by atoms with Crippen molar-refractivity contribution in [3.63, 3.8) is 0 Å². The van der Waals surface area contributed by atoms with Gasteiger partial charge in [0.05, 0.1) is 30.1 Å². The number of amides is 1. The number of nitrogens with zero attached hydrogens (tertiary/aromatic N) is 5. The lowest BCUT2D eigenvalue weighted by Gasteiger charge is -2.34. The number of hydrogen-bond acceptors (Lipinski definition) is 7. The van der Waals surface area contributed by atoms with E-state index in [0.717, 1.165) is 43.2 Å². The molecule has 1 unspecified atom stereocenters. The number of hydrogen-bond donors (Lipinski definition) is 1. The van der Waals surface area contributed by atoms with E-state index < -0.39 is 17.6 Å². The highest BCUT2D eigenvalue weighted by molar-refractivity contribution is 5.79. The molecule has 0 radical (unpaired) electrons. The number of carbonyl (C=O) groups excluding carboxylic acids is 1. The molecule has 2 aromatic heterocycles. The molecule has 0 aliphatic carbocycles. The van der Waals surface area contributed by atoms with Crippen molar-refractivity contribution >= 4 is 11.7 Å². The summed E-state index contributed by atoms with van der Waals surface area (Å²) in [5.74, 6) is -0.825.